The van der Waals surface area contributed by atoms with Gasteiger partial charge in [-0.05, 0) is 42.8 Å². The summed E-state index contributed by atoms with van der Waals surface area (Å²) in [6.07, 6.45) is 0.756. The van der Waals surface area contributed by atoms with Crippen molar-refractivity contribution in [3.63, 3.8) is 0 Å². The van der Waals surface area contributed by atoms with Crippen molar-refractivity contribution in [1.82, 2.24) is 14.7 Å². The average molecular weight is 497 g/mol. The normalized spacial score (nSPS) is 11.3. The Morgan fingerprint density at radius 2 is 1.72 bits per heavy atom. The summed E-state index contributed by atoms with van der Waals surface area (Å²) in [4.78, 5) is 27.5. The molecule has 0 atom stereocenters. The van der Waals surface area contributed by atoms with Gasteiger partial charge in [-0.1, -0.05) is 61.8 Å². The molecule has 32 heavy (non-hydrogen) atoms. The monoisotopic (exact) mass is 496 g/mol. The minimum atomic E-state index is -0.263. The predicted molar refractivity (Wildman–Crippen MR) is 131 cm³/mol. The highest BCUT2D eigenvalue weighted by Gasteiger charge is 2.23. The molecule has 3 aromatic rings. The van der Waals surface area contributed by atoms with E-state index in [-0.39, 0.29) is 23.8 Å². The smallest absolute Gasteiger partial charge is 0.254 e. The van der Waals surface area contributed by atoms with Gasteiger partial charge >= 0.3 is 0 Å². The molecule has 0 unspecified atom stereocenters. The number of aromatic nitrogens is 2. The largest absolute Gasteiger partial charge is 0.329 e. The van der Waals surface area contributed by atoms with Gasteiger partial charge in [0.05, 0.1) is 11.4 Å². The van der Waals surface area contributed by atoms with E-state index >= 15 is 0 Å². The molecule has 7 heteroatoms. The molecule has 168 valence electrons. The van der Waals surface area contributed by atoms with Crippen LogP contribution < -0.4 is 5.32 Å². The van der Waals surface area contributed by atoms with Crippen molar-refractivity contribution in [3.8, 4) is 5.69 Å². The van der Waals surface area contributed by atoms with Gasteiger partial charge in [0, 0.05) is 28.1 Å². The van der Waals surface area contributed by atoms with E-state index in [1.165, 1.54) is 0 Å². The number of anilines is 1. The van der Waals surface area contributed by atoms with Crippen LogP contribution in [0.2, 0.25) is 0 Å². The number of rotatable bonds is 7. The molecule has 1 heterocycles. The molecule has 6 nitrogen and oxygen atoms in total. The van der Waals surface area contributed by atoms with Crippen LogP contribution in [-0.4, -0.2) is 39.6 Å². The van der Waals surface area contributed by atoms with Crippen molar-refractivity contribution >= 4 is 33.6 Å². The van der Waals surface area contributed by atoms with Crippen LogP contribution in [0.5, 0.6) is 0 Å². The van der Waals surface area contributed by atoms with Crippen molar-refractivity contribution in [2.24, 2.45) is 0 Å². The Bertz CT molecular complexity index is 1070. The van der Waals surface area contributed by atoms with Crippen LogP contribution in [0.1, 0.15) is 50.2 Å². The summed E-state index contributed by atoms with van der Waals surface area (Å²) in [6.45, 7) is 8.68. The van der Waals surface area contributed by atoms with E-state index in [9.17, 15) is 9.59 Å². The summed E-state index contributed by atoms with van der Waals surface area (Å²) in [5.74, 6) is 0.154. The Labute approximate surface area is 197 Å². The summed E-state index contributed by atoms with van der Waals surface area (Å²) >= 11 is 3.38. The number of benzene rings is 2. The summed E-state index contributed by atoms with van der Waals surface area (Å²) in [7, 11) is 0. The molecule has 2 amide bonds. The maximum Gasteiger partial charge on any atom is 0.254 e. The third kappa shape index (κ3) is 5.85. The Morgan fingerprint density at radius 3 is 2.31 bits per heavy atom. The molecule has 0 saturated heterocycles. The average Bonchev–Trinajstić information content (AvgIpc) is 3.18. The maximum absolute atomic E-state index is 13.0. The van der Waals surface area contributed by atoms with Gasteiger partial charge in [-0.15, -0.1) is 0 Å². The summed E-state index contributed by atoms with van der Waals surface area (Å²) in [5.41, 5.74) is 2.10. The predicted octanol–water partition coefficient (Wildman–Crippen LogP) is 5.42. The Balaban J connectivity index is 1.82. The van der Waals surface area contributed by atoms with Gasteiger partial charge in [-0.3, -0.25) is 9.59 Å². The number of nitrogens with zero attached hydrogens (tertiary/aromatic N) is 3. The molecule has 0 spiro atoms. The quantitative estimate of drug-likeness (QED) is 0.474. The minimum absolute atomic E-state index is 0.0342. The number of para-hydroxylation sites is 1. The minimum Gasteiger partial charge on any atom is -0.329 e. The van der Waals surface area contributed by atoms with Gasteiger partial charge in [0.15, 0.2) is 0 Å². The van der Waals surface area contributed by atoms with E-state index in [1.807, 2.05) is 55.5 Å². The molecule has 3 rings (SSSR count). The fourth-order valence-corrected chi connectivity index (χ4v) is 3.52. The van der Waals surface area contributed by atoms with Crippen LogP contribution in [0.25, 0.3) is 5.69 Å². The number of halogens is 1. The Morgan fingerprint density at radius 1 is 1.06 bits per heavy atom. The molecule has 0 saturated carbocycles. The van der Waals surface area contributed by atoms with Gasteiger partial charge < -0.3 is 10.2 Å². The molecule has 0 aliphatic carbocycles. The number of carbonyl (C=O) groups excluding carboxylic acids is 2. The van der Waals surface area contributed by atoms with Gasteiger partial charge in [-0.25, -0.2) is 4.68 Å². The Kier molecular flexibility index (Phi) is 7.51. The lowest BCUT2D eigenvalue weighted by Gasteiger charge is -2.22. The van der Waals surface area contributed by atoms with Crippen molar-refractivity contribution in [1.29, 1.82) is 0 Å². The van der Waals surface area contributed by atoms with Crippen molar-refractivity contribution in [3.05, 3.63) is 76.4 Å². The number of amides is 2. The second-order valence-electron chi connectivity index (χ2n) is 8.69. The van der Waals surface area contributed by atoms with E-state index in [2.05, 4.69) is 42.0 Å². The first-order valence-corrected chi connectivity index (χ1v) is 11.5. The van der Waals surface area contributed by atoms with Crippen LogP contribution in [0.4, 0.5) is 5.82 Å². The molecular formula is C25H29BrN4O2. The second-order valence-corrected chi connectivity index (χ2v) is 9.61. The van der Waals surface area contributed by atoms with Gasteiger partial charge in [0.1, 0.15) is 12.4 Å². The molecule has 2 aromatic carbocycles. The van der Waals surface area contributed by atoms with Crippen LogP contribution in [-0.2, 0) is 10.2 Å². The molecular weight excluding hydrogens is 468 g/mol. The summed E-state index contributed by atoms with van der Waals surface area (Å²) in [6, 6.07) is 18.7. The van der Waals surface area contributed by atoms with E-state index in [4.69, 9.17) is 5.10 Å². The molecule has 0 aliphatic heterocycles. The first-order valence-electron chi connectivity index (χ1n) is 10.7. The van der Waals surface area contributed by atoms with Crippen molar-refractivity contribution < 1.29 is 9.59 Å². The van der Waals surface area contributed by atoms with Crippen LogP contribution >= 0.6 is 15.9 Å². The van der Waals surface area contributed by atoms with Crippen molar-refractivity contribution in [2.45, 2.75) is 39.5 Å². The fourth-order valence-electron chi connectivity index (χ4n) is 3.26. The van der Waals surface area contributed by atoms with Gasteiger partial charge in [0.25, 0.3) is 5.91 Å². The Hall–Kier alpha value is -2.93. The lowest BCUT2D eigenvalue weighted by Crippen LogP contribution is -2.38. The van der Waals surface area contributed by atoms with Gasteiger partial charge in [-0.2, -0.15) is 5.10 Å². The first-order chi connectivity index (χ1) is 15.2. The second kappa shape index (κ2) is 10.1. The zero-order valence-corrected chi connectivity index (χ0v) is 20.5. The van der Waals surface area contributed by atoms with E-state index in [0.717, 1.165) is 22.3 Å². The molecule has 1 aromatic heterocycles. The number of carbonyl (C=O) groups is 2. The number of nitrogens with one attached hydrogen (secondary N) is 1. The zero-order valence-electron chi connectivity index (χ0n) is 18.9. The molecule has 1 N–H and O–H groups in total. The van der Waals surface area contributed by atoms with E-state index in [0.29, 0.717) is 17.9 Å². The molecule has 0 aliphatic rings. The third-order valence-electron chi connectivity index (χ3n) is 4.95. The third-order valence-corrected chi connectivity index (χ3v) is 5.48. The molecule has 0 bridgehead atoms. The lowest BCUT2D eigenvalue weighted by molar-refractivity contribution is -0.116. The summed E-state index contributed by atoms with van der Waals surface area (Å²) in [5, 5.41) is 7.69. The van der Waals surface area contributed by atoms with E-state index in [1.54, 1.807) is 21.7 Å². The standard InChI is InChI=1S/C25H29BrN4O2/c1-5-15-29(24(32)18-11-13-19(26)14-12-18)17-23(31)27-22-16-21(25(2,3)4)28-30(22)20-9-7-6-8-10-20/h6-14,16H,5,15,17H2,1-4H3,(H,27,31). The topological polar surface area (TPSA) is 67.2 Å². The maximum atomic E-state index is 13.0. The van der Waals surface area contributed by atoms with E-state index < -0.39 is 0 Å². The fraction of sp³-hybridized carbons (Fsp3) is 0.320. The van der Waals surface area contributed by atoms with Crippen LogP contribution in [0.15, 0.2) is 65.1 Å². The highest BCUT2D eigenvalue weighted by atomic mass is 79.9. The van der Waals surface area contributed by atoms with Crippen LogP contribution in [0.3, 0.4) is 0 Å². The summed E-state index contributed by atoms with van der Waals surface area (Å²) < 4.78 is 2.64. The van der Waals surface area contributed by atoms with Crippen molar-refractivity contribution in [2.75, 3.05) is 18.4 Å². The SMILES string of the molecule is CCCN(CC(=O)Nc1cc(C(C)(C)C)nn1-c1ccccc1)C(=O)c1ccc(Br)cc1. The molecule has 0 radical (unpaired) electrons. The zero-order chi connectivity index (χ0) is 23.3. The lowest BCUT2D eigenvalue weighted by atomic mass is 9.92. The molecule has 0 fully saturated rings. The highest BCUT2D eigenvalue weighted by Crippen LogP contribution is 2.26. The number of hydrogen-bond donors (Lipinski definition) is 1. The highest BCUT2D eigenvalue weighted by molar-refractivity contribution is 9.10. The number of hydrogen-bond acceptors (Lipinski definition) is 3. The van der Waals surface area contributed by atoms with Gasteiger partial charge in [0.2, 0.25) is 5.91 Å². The van der Waals surface area contributed by atoms with Crippen LogP contribution in [0, 0.1) is 0 Å². The first kappa shape index (κ1) is 23.7.